The number of amides is 1. The van der Waals surface area contributed by atoms with Gasteiger partial charge in [-0.3, -0.25) is 19.1 Å². The molecule has 2 aliphatic rings. The van der Waals surface area contributed by atoms with E-state index in [2.05, 4.69) is 18.4 Å². The number of aromatic nitrogens is 1. The van der Waals surface area contributed by atoms with Crippen LogP contribution < -0.4 is 24.4 Å². The number of nitrogens with zero attached hydrogens (tertiary/aromatic N) is 3. The van der Waals surface area contributed by atoms with Crippen molar-refractivity contribution in [1.82, 2.24) is 9.47 Å². The molecule has 6 nitrogen and oxygen atoms in total. The van der Waals surface area contributed by atoms with E-state index in [1.54, 1.807) is 29.5 Å². The topological polar surface area (TPSA) is 54.8 Å². The number of ether oxygens (including phenoxy) is 1. The first-order valence-electron chi connectivity index (χ1n) is 10.4. The lowest BCUT2D eigenvalue weighted by molar-refractivity contribution is -0.120. The number of rotatable bonds is 6. The summed E-state index contributed by atoms with van der Waals surface area (Å²) in [5, 5.41) is 1.04. The first-order chi connectivity index (χ1) is 15.9. The molecule has 2 aliphatic heterocycles. The summed E-state index contributed by atoms with van der Waals surface area (Å²) in [6, 6.07) is 6.02. The Balaban J connectivity index is 1.78. The minimum absolute atomic E-state index is 0.103. The highest BCUT2D eigenvalue weighted by atomic mass is 32.2. The van der Waals surface area contributed by atoms with E-state index in [0.717, 1.165) is 27.9 Å². The Bertz CT molecular complexity index is 1360. The van der Waals surface area contributed by atoms with Crippen LogP contribution in [0.25, 0.3) is 11.0 Å². The molecule has 0 aliphatic carbocycles. The molecule has 1 aromatic heterocycles. The Labute approximate surface area is 209 Å². The van der Waals surface area contributed by atoms with Gasteiger partial charge in [-0.05, 0) is 38.1 Å². The minimum Gasteiger partial charge on any atom is -0.497 e. The van der Waals surface area contributed by atoms with Gasteiger partial charge in [-0.15, -0.1) is 17.9 Å². The van der Waals surface area contributed by atoms with Crippen molar-refractivity contribution in [1.29, 1.82) is 0 Å². The average molecular weight is 518 g/mol. The molecular weight excluding hydrogens is 495 g/mol. The van der Waals surface area contributed by atoms with E-state index in [1.165, 1.54) is 28.0 Å². The zero-order chi connectivity index (χ0) is 23.7. The van der Waals surface area contributed by atoms with Crippen LogP contribution in [0.15, 0.2) is 51.6 Å². The average Bonchev–Trinajstić information content (AvgIpc) is 3.43. The summed E-state index contributed by atoms with van der Waals surface area (Å²) in [4.78, 5) is 31.4. The minimum atomic E-state index is -0.175. The SMILES string of the molecule is C=CCN1C(=O)C(=c2sc(=C/C=C3\Sc4ccc(OC)cc4N3CC)c(=O)n2CC)SC1=S. The van der Waals surface area contributed by atoms with E-state index < -0.39 is 0 Å². The van der Waals surface area contributed by atoms with Crippen LogP contribution >= 0.6 is 47.1 Å². The fourth-order valence-electron chi connectivity index (χ4n) is 3.61. The summed E-state index contributed by atoms with van der Waals surface area (Å²) in [7, 11) is 1.66. The lowest BCUT2D eigenvalue weighted by atomic mass is 10.2. The van der Waals surface area contributed by atoms with E-state index >= 15 is 0 Å². The number of carbonyl (C=O) groups is 1. The molecule has 0 bridgehead atoms. The monoisotopic (exact) mass is 517 g/mol. The van der Waals surface area contributed by atoms with Crippen molar-refractivity contribution in [2.75, 3.05) is 25.1 Å². The van der Waals surface area contributed by atoms with Crippen molar-refractivity contribution in [2.45, 2.75) is 25.3 Å². The third kappa shape index (κ3) is 4.32. The first-order valence-corrected chi connectivity index (χ1v) is 13.2. The van der Waals surface area contributed by atoms with Gasteiger partial charge in [-0.1, -0.05) is 41.8 Å². The molecule has 0 atom stereocenters. The smallest absolute Gasteiger partial charge is 0.269 e. The molecule has 0 spiro atoms. The summed E-state index contributed by atoms with van der Waals surface area (Å²) in [6.07, 6.45) is 5.47. The van der Waals surface area contributed by atoms with Crippen molar-refractivity contribution < 1.29 is 9.53 Å². The lowest BCUT2D eigenvalue weighted by Gasteiger charge is -2.18. The molecule has 4 rings (SSSR count). The Morgan fingerprint density at radius 3 is 2.58 bits per heavy atom. The number of methoxy groups -OCH3 is 1. The summed E-state index contributed by atoms with van der Waals surface area (Å²) in [5.74, 6) is 0.636. The number of thioether (sulfide) groups is 2. The van der Waals surface area contributed by atoms with Crippen LogP contribution in [0.2, 0.25) is 0 Å². The fourth-order valence-corrected chi connectivity index (χ4v) is 7.26. The molecule has 1 amide bonds. The van der Waals surface area contributed by atoms with Gasteiger partial charge in [-0.2, -0.15) is 0 Å². The molecule has 1 saturated heterocycles. The summed E-state index contributed by atoms with van der Waals surface area (Å²) in [5.41, 5.74) is 0.993. The molecule has 0 radical (unpaired) electrons. The van der Waals surface area contributed by atoms with Gasteiger partial charge in [0.15, 0.2) is 0 Å². The quantitative estimate of drug-likeness (QED) is 0.430. The number of thiazole rings is 1. The number of hydrogen-bond acceptors (Lipinski definition) is 8. The number of fused-ring (bicyclic) bond motifs is 1. The Morgan fingerprint density at radius 2 is 1.91 bits per heavy atom. The van der Waals surface area contributed by atoms with E-state index in [4.69, 9.17) is 17.0 Å². The van der Waals surface area contributed by atoms with Gasteiger partial charge < -0.3 is 9.64 Å². The van der Waals surface area contributed by atoms with Gasteiger partial charge in [0, 0.05) is 30.6 Å². The van der Waals surface area contributed by atoms with Crippen molar-refractivity contribution >= 4 is 74.0 Å². The van der Waals surface area contributed by atoms with Crippen LogP contribution in [-0.4, -0.2) is 39.9 Å². The highest BCUT2D eigenvalue weighted by Crippen LogP contribution is 2.47. The van der Waals surface area contributed by atoms with Gasteiger partial charge in [0.1, 0.15) is 19.6 Å². The van der Waals surface area contributed by atoms with Gasteiger partial charge in [0.25, 0.3) is 11.5 Å². The van der Waals surface area contributed by atoms with Crippen LogP contribution in [-0.2, 0) is 11.3 Å². The molecule has 1 aromatic carbocycles. The van der Waals surface area contributed by atoms with E-state index in [0.29, 0.717) is 31.5 Å². The molecule has 33 heavy (non-hydrogen) atoms. The second-order valence-electron chi connectivity index (χ2n) is 7.07. The number of carbonyl (C=O) groups excluding carboxylic acids is 1. The van der Waals surface area contributed by atoms with Gasteiger partial charge in [0.2, 0.25) is 0 Å². The van der Waals surface area contributed by atoms with Crippen molar-refractivity contribution in [3.63, 3.8) is 0 Å². The van der Waals surface area contributed by atoms with Crippen molar-refractivity contribution in [2.24, 2.45) is 0 Å². The maximum absolute atomic E-state index is 13.1. The number of thiocarbonyl (C=S) groups is 1. The molecule has 0 saturated carbocycles. The molecule has 1 fully saturated rings. The second kappa shape index (κ2) is 9.92. The third-order valence-electron chi connectivity index (χ3n) is 5.21. The van der Waals surface area contributed by atoms with Crippen LogP contribution in [0.1, 0.15) is 13.8 Å². The van der Waals surface area contributed by atoms with Gasteiger partial charge in [-0.25, -0.2) is 0 Å². The van der Waals surface area contributed by atoms with Gasteiger partial charge >= 0.3 is 0 Å². The van der Waals surface area contributed by atoms with Crippen molar-refractivity contribution in [3.8, 4) is 5.75 Å². The Kier molecular flexibility index (Phi) is 7.18. The molecule has 172 valence electrons. The summed E-state index contributed by atoms with van der Waals surface area (Å²) in [6.45, 7) is 9.31. The second-order valence-corrected chi connectivity index (χ2v) is 10.8. The number of benzene rings is 1. The highest BCUT2D eigenvalue weighted by Gasteiger charge is 2.33. The molecule has 0 unspecified atom stereocenters. The van der Waals surface area contributed by atoms with Crippen LogP contribution in [0.4, 0.5) is 5.69 Å². The third-order valence-corrected chi connectivity index (χ3v) is 9.06. The van der Waals surface area contributed by atoms with Crippen LogP contribution in [0, 0.1) is 0 Å². The maximum Gasteiger partial charge on any atom is 0.269 e. The normalized spacial score (nSPS) is 19.1. The van der Waals surface area contributed by atoms with E-state index in [9.17, 15) is 9.59 Å². The molecule has 2 aromatic rings. The first kappa shape index (κ1) is 23.9. The summed E-state index contributed by atoms with van der Waals surface area (Å²) < 4.78 is 8.74. The van der Waals surface area contributed by atoms with E-state index in [1.807, 2.05) is 37.3 Å². The number of anilines is 1. The summed E-state index contributed by atoms with van der Waals surface area (Å²) >= 11 is 9.60. The fraction of sp³-hybridized carbons (Fsp3) is 0.261. The predicted octanol–water partition coefficient (Wildman–Crippen LogP) is 3.35. The largest absolute Gasteiger partial charge is 0.497 e. The standard InChI is InChI=1S/C23H23N3O3S4/c1-5-12-26-21(28)19(33-23(26)30)22-25(7-3)20(27)17(32-22)10-11-18-24(6-2)15-13-14(29-4)8-9-16(15)31-18/h5,8-11,13H,1,6-7,12H2,2-4H3/b17-10?,18-11-,22-19?. The Morgan fingerprint density at radius 1 is 1.12 bits per heavy atom. The zero-order valence-corrected chi connectivity index (χ0v) is 21.8. The molecule has 10 heteroatoms. The number of allylic oxidation sites excluding steroid dienone is 1. The van der Waals surface area contributed by atoms with Crippen LogP contribution in [0.3, 0.4) is 0 Å². The maximum atomic E-state index is 13.1. The predicted molar refractivity (Wildman–Crippen MR) is 143 cm³/mol. The van der Waals surface area contributed by atoms with Gasteiger partial charge in [0.05, 0.1) is 22.4 Å². The number of hydrogen-bond donors (Lipinski definition) is 0. The van der Waals surface area contributed by atoms with Crippen molar-refractivity contribution in [3.05, 3.63) is 61.5 Å². The zero-order valence-electron chi connectivity index (χ0n) is 18.5. The highest BCUT2D eigenvalue weighted by molar-refractivity contribution is 8.30. The molecule has 0 N–H and O–H groups in total. The molecule has 3 heterocycles. The Hall–Kier alpha value is -2.27. The van der Waals surface area contributed by atoms with Crippen LogP contribution in [0.5, 0.6) is 5.75 Å². The van der Waals surface area contributed by atoms with E-state index in [-0.39, 0.29) is 11.5 Å². The lowest BCUT2D eigenvalue weighted by Crippen LogP contribution is -2.33. The molecular formula is C23H23N3O3S4.